The molecule has 23 heavy (non-hydrogen) atoms. The fourth-order valence-electron chi connectivity index (χ4n) is 1.48. The van der Waals surface area contributed by atoms with Crippen LogP contribution in [0.15, 0.2) is 18.2 Å². The van der Waals surface area contributed by atoms with Crippen molar-refractivity contribution in [2.45, 2.75) is 5.51 Å². The molecular formula is C13H14ClF3N2O3S. The number of halogens is 4. The first-order valence-electron chi connectivity index (χ1n) is 6.30. The highest BCUT2D eigenvalue weighted by Gasteiger charge is 2.29. The Morgan fingerprint density at radius 2 is 2.04 bits per heavy atom. The lowest BCUT2D eigenvalue weighted by Gasteiger charge is -2.10. The quantitative estimate of drug-likeness (QED) is 0.724. The van der Waals surface area contributed by atoms with E-state index in [4.69, 9.17) is 16.3 Å². The molecule has 0 saturated carbocycles. The summed E-state index contributed by atoms with van der Waals surface area (Å²) < 4.78 is 40.8. The molecule has 0 atom stereocenters. The number of thioether (sulfide) groups is 1. The van der Waals surface area contributed by atoms with E-state index in [1.54, 1.807) is 0 Å². The fourth-order valence-corrected chi connectivity index (χ4v) is 2.12. The van der Waals surface area contributed by atoms with Gasteiger partial charge in [0.1, 0.15) is 0 Å². The number of carbonyl (C=O) groups is 2. The number of ether oxygens (including phenoxy) is 1. The van der Waals surface area contributed by atoms with E-state index in [1.807, 2.05) is 0 Å². The summed E-state index contributed by atoms with van der Waals surface area (Å²) in [6.45, 7) is 0.646. The highest BCUT2D eigenvalue weighted by molar-refractivity contribution is 8.00. The van der Waals surface area contributed by atoms with Gasteiger partial charge in [-0.1, -0.05) is 11.6 Å². The molecule has 0 aliphatic rings. The zero-order valence-electron chi connectivity index (χ0n) is 12.0. The Kier molecular flexibility index (Phi) is 7.66. The summed E-state index contributed by atoms with van der Waals surface area (Å²) in [6.07, 6.45) is 0. The maximum absolute atomic E-state index is 12.0. The Labute approximate surface area is 139 Å². The van der Waals surface area contributed by atoms with Crippen molar-refractivity contribution in [1.29, 1.82) is 0 Å². The van der Waals surface area contributed by atoms with Gasteiger partial charge in [0.15, 0.2) is 0 Å². The van der Waals surface area contributed by atoms with Crippen molar-refractivity contribution in [2.24, 2.45) is 0 Å². The second-order valence-corrected chi connectivity index (χ2v) is 5.67. The predicted molar refractivity (Wildman–Crippen MR) is 82.8 cm³/mol. The van der Waals surface area contributed by atoms with Gasteiger partial charge in [-0.25, -0.2) is 0 Å². The maximum Gasteiger partial charge on any atom is 0.442 e. The normalized spacial score (nSPS) is 11.2. The van der Waals surface area contributed by atoms with E-state index < -0.39 is 34.8 Å². The van der Waals surface area contributed by atoms with Crippen molar-refractivity contribution in [2.75, 3.05) is 31.3 Å². The minimum atomic E-state index is -4.47. The van der Waals surface area contributed by atoms with Gasteiger partial charge in [-0.05, 0) is 30.0 Å². The van der Waals surface area contributed by atoms with Gasteiger partial charge in [0.25, 0.3) is 5.91 Å². The van der Waals surface area contributed by atoms with E-state index in [9.17, 15) is 22.8 Å². The molecule has 0 unspecified atom stereocenters. The predicted octanol–water partition coefficient (Wildman–Crippen LogP) is 2.91. The molecule has 0 bridgehead atoms. The summed E-state index contributed by atoms with van der Waals surface area (Å²) in [5.41, 5.74) is -4.08. The summed E-state index contributed by atoms with van der Waals surface area (Å²) in [7, 11) is 1.49. The van der Waals surface area contributed by atoms with Gasteiger partial charge in [-0.3, -0.25) is 9.59 Å². The number of nitrogens with one attached hydrogen (secondary N) is 2. The van der Waals surface area contributed by atoms with Crippen LogP contribution in [0.2, 0.25) is 5.02 Å². The number of carbonyl (C=O) groups excluding carboxylic acids is 2. The number of hydrogen-bond acceptors (Lipinski definition) is 4. The Morgan fingerprint density at radius 1 is 1.35 bits per heavy atom. The first-order chi connectivity index (χ1) is 10.7. The van der Waals surface area contributed by atoms with Crippen LogP contribution in [0.3, 0.4) is 0 Å². The third-order valence-electron chi connectivity index (χ3n) is 2.46. The van der Waals surface area contributed by atoms with Crippen LogP contribution in [0.1, 0.15) is 10.4 Å². The van der Waals surface area contributed by atoms with E-state index >= 15 is 0 Å². The van der Waals surface area contributed by atoms with Gasteiger partial charge in [-0.15, -0.1) is 0 Å². The first kappa shape index (κ1) is 19.6. The van der Waals surface area contributed by atoms with E-state index in [2.05, 4.69) is 10.6 Å². The average Bonchev–Trinajstić information content (AvgIpc) is 2.44. The summed E-state index contributed by atoms with van der Waals surface area (Å²) in [6, 6.07) is 4.05. The summed E-state index contributed by atoms with van der Waals surface area (Å²) in [5, 5.41) is 4.92. The number of anilines is 1. The summed E-state index contributed by atoms with van der Waals surface area (Å²) in [4.78, 5) is 23.2. The fraction of sp³-hybridized carbons (Fsp3) is 0.385. The van der Waals surface area contributed by atoms with E-state index in [0.29, 0.717) is 13.2 Å². The van der Waals surface area contributed by atoms with Crippen LogP contribution >= 0.6 is 23.4 Å². The van der Waals surface area contributed by atoms with E-state index in [0.717, 1.165) is 0 Å². The second kappa shape index (κ2) is 8.99. The van der Waals surface area contributed by atoms with Crippen molar-refractivity contribution < 1.29 is 27.5 Å². The van der Waals surface area contributed by atoms with Crippen molar-refractivity contribution >= 4 is 40.9 Å². The van der Waals surface area contributed by atoms with Gasteiger partial charge in [0, 0.05) is 19.3 Å². The monoisotopic (exact) mass is 370 g/mol. The van der Waals surface area contributed by atoms with Crippen molar-refractivity contribution in [3.8, 4) is 0 Å². The maximum atomic E-state index is 12.0. The van der Waals surface area contributed by atoms with Gasteiger partial charge in [-0.2, -0.15) is 13.2 Å². The zero-order chi connectivity index (χ0) is 17.5. The van der Waals surface area contributed by atoms with Gasteiger partial charge >= 0.3 is 5.51 Å². The standard InChI is InChI=1S/C13H14ClF3N2O3S/c1-22-5-4-18-12(21)9-3-2-8(6-10(9)14)19-11(20)7-23-13(15,16)17/h2-3,6H,4-5,7H2,1H3,(H,18,21)(H,19,20). The molecule has 0 heterocycles. The van der Waals surface area contributed by atoms with Crippen LogP contribution in [0, 0.1) is 0 Å². The highest BCUT2D eigenvalue weighted by Crippen LogP contribution is 2.30. The van der Waals surface area contributed by atoms with Crippen LogP contribution in [0.5, 0.6) is 0 Å². The molecule has 128 valence electrons. The Morgan fingerprint density at radius 3 is 2.61 bits per heavy atom. The topological polar surface area (TPSA) is 67.4 Å². The molecule has 1 aromatic carbocycles. The molecule has 0 fully saturated rings. The van der Waals surface area contributed by atoms with Crippen LogP contribution in [0.25, 0.3) is 0 Å². The minimum Gasteiger partial charge on any atom is -0.383 e. The minimum absolute atomic E-state index is 0.0705. The van der Waals surface area contributed by atoms with Gasteiger partial charge in [0.2, 0.25) is 5.91 Å². The third kappa shape index (κ3) is 7.58. The molecule has 1 aromatic rings. The molecule has 5 nitrogen and oxygen atoms in total. The van der Waals surface area contributed by atoms with Crippen LogP contribution in [0.4, 0.5) is 18.9 Å². The number of methoxy groups -OCH3 is 1. The Hall–Kier alpha value is -1.45. The molecule has 0 saturated heterocycles. The first-order valence-corrected chi connectivity index (χ1v) is 7.66. The largest absolute Gasteiger partial charge is 0.442 e. The zero-order valence-corrected chi connectivity index (χ0v) is 13.6. The highest BCUT2D eigenvalue weighted by atomic mass is 35.5. The lowest BCUT2D eigenvalue weighted by atomic mass is 10.2. The van der Waals surface area contributed by atoms with Crippen LogP contribution in [-0.4, -0.2) is 43.3 Å². The Balaban J connectivity index is 2.62. The number of amides is 2. The molecule has 0 aliphatic heterocycles. The molecule has 0 aliphatic carbocycles. The SMILES string of the molecule is COCCNC(=O)c1ccc(NC(=O)CSC(F)(F)F)cc1Cl. The molecular weight excluding hydrogens is 357 g/mol. The number of benzene rings is 1. The van der Waals surface area contributed by atoms with Crippen molar-refractivity contribution in [1.82, 2.24) is 5.32 Å². The Bertz CT molecular complexity index is 570. The van der Waals surface area contributed by atoms with E-state index in [-0.39, 0.29) is 16.3 Å². The van der Waals surface area contributed by atoms with Gasteiger partial charge in [0.05, 0.1) is 22.9 Å². The van der Waals surface area contributed by atoms with Crippen molar-refractivity contribution in [3.63, 3.8) is 0 Å². The molecule has 0 aromatic heterocycles. The number of rotatable bonds is 7. The summed E-state index contributed by atoms with van der Waals surface area (Å²) >= 11 is 5.50. The molecule has 2 N–H and O–H groups in total. The van der Waals surface area contributed by atoms with E-state index in [1.165, 1.54) is 25.3 Å². The molecule has 10 heteroatoms. The van der Waals surface area contributed by atoms with Gasteiger partial charge < -0.3 is 15.4 Å². The molecule has 0 spiro atoms. The smallest absolute Gasteiger partial charge is 0.383 e. The third-order valence-corrected chi connectivity index (χ3v) is 3.50. The number of alkyl halides is 3. The lowest BCUT2D eigenvalue weighted by Crippen LogP contribution is -2.27. The van der Waals surface area contributed by atoms with Crippen LogP contribution < -0.4 is 10.6 Å². The molecule has 1 rings (SSSR count). The second-order valence-electron chi connectivity index (χ2n) is 4.23. The molecule has 0 radical (unpaired) electrons. The number of hydrogen-bond donors (Lipinski definition) is 2. The molecule has 2 amide bonds. The van der Waals surface area contributed by atoms with Crippen LogP contribution in [-0.2, 0) is 9.53 Å². The average molecular weight is 371 g/mol. The van der Waals surface area contributed by atoms with Crippen molar-refractivity contribution in [3.05, 3.63) is 28.8 Å². The lowest BCUT2D eigenvalue weighted by molar-refractivity contribution is -0.114. The summed E-state index contributed by atoms with van der Waals surface area (Å²) in [5.74, 6) is -2.00.